The van der Waals surface area contributed by atoms with Gasteiger partial charge in [-0.1, -0.05) is 35.9 Å². The molecule has 0 saturated heterocycles. The van der Waals surface area contributed by atoms with Crippen molar-refractivity contribution in [2.75, 3.05) is 5.32 Å². The zero-order chi connectivity index (χ0) is 23.8. The number of aryl methyl sites for hydroxylation is 1. The average molecular weight is 473 g/mol. The fourth-order valence-electron chi connectivity index (χ4n) is 3.88. The van der Waals surface area contributed by atoms with Crippen molar-refractivity contribution in [3.63, 3.8) is 0 Å². The number of benzene rings is 2. The molecule has 0 radical (unpaired) electrons. The van der Waals surface area contributed by atoms with Crippen molar-refractivity contribution in [3.05, 3.63) is 100 Å². The zero-order valence-corrected chi connectivity index (χ0v) is 19.3. The monoisotopic (exact) mass is 472 g/mol. The van der Waals surface area contributed by atoms with E-state index in [-0.39, 0.29) is 5.91 Å². The highest BCUT2D eigenvalue weighted by Gasteiger charge is 2.25. The third-order valence-electron chi connectivity index (χ3n) is 5.57. The summed E-state index contributed by atoms with van der Waals surface area (Å²) in [4.78, 5) is 26.7. The van der Waals surface area contributed by atoms with E-state index in [0.29, 0.717) is 33.1 Å². The number of hydrogen-bond acceptors (Lipinski definition) is 4. The smallest absolute Gasteiger partial charge is 0.280 e. The molecule has 0 aliphatic heterocycles. The SMILES string of the molecule is Cc1nn(C(C)C(=O)Nc2cccc(Cl)c2)c(=O)c2c(-n3cccc3)n(-c3ccccc3)nc12. The minimum atomic E-state index is -0.868. The van der Waals surface area contributed by atoms with E-state index in [1.807, 2.05) is 59.4 Å². The Labute approximate surface area is 200 Å². The van der Waals surface area contributed by atoms with Gasteiger partial charge in [-0.3, -0.25) is 9.59 Å². The second-order valence-corrected chi connectivity index (χ2v) is 8.33. The molecule has 0 fully saturated rings. The molecule has 8 nitrogen and oxygen atoms in total. The van der Waals surface area contributed by atoms with E-state index in [2.05, 4.69) is 10.4 Å². The third kappa shape index (κ3) is 3.78. The largest absolute Gasteiger partial charge is 0.324 e. The van der Waals surface area contributed by atoms with Crippen LogP contribution in [0.5, 0.6) is 0 Å². The van der Waals surface area contributed by atoms with E-state index < -0.39 is 11.6 Å². The maximum atomic E-state index is 13.7. The predicted octanol–water partition coefficient (Wildman–Crippen LogP) is 4.53. The van der Waals surface area contributed by atoms with Gasteiger partial charge in [0.1, 0.15) is 16.9 Å². The molecule has 3 aromatic heterocycles. The number of halogens is 1. The molecule has 5 aromatic rings. The molecule has 1 amide bonds. The summed E-state index contributed by atoms with van der Waals surface area (Å²) in [5, 5.41) is 12.9. The lowest BCUT2D eigenvalue weighted by atomic mass is 10.2. The number of amides is 1. The highest BCUT2D eigenvalue weighted by molar-refractivity contribution is 6.30. The quantitative estimate of drug-likeness (QED) is 0.407. The maximum absolute atomic E-state index is 13.7. The van der Waals surface area contributed by atoms with Crippen LogP contribution in [-0.4, -0.2) is 30.0 Å². The molecule has 1 atom stereocenters. The van der Waals surface area contributed by atoms with Gasteiger partial charge >= 0.3 is 0 Å². The molecular formula is C25H21ClN6O2. The van der Waals surface area contributed by atoms with E-state index in [0.717, 1.165) is 5.69 Å². The molecular weight excluding hydrogens is 452 g/mol. The number of nitrogens with one attached hydrogen (secondary N) is 1. The molecule has 0 spiro atoms. The van der Waals surface area contributed by atoms with Gasteiger partial charge in [0.15, 0.2) is 5.82 Å². The van der Waals surface area contributed by atoms with Gasteiger partial charge in [0, 0.05) is 23.1 Å². The number of rotatable bonds is 5. The highest BCUT2D eigenvalue weighted by atomic mass is 35.5. The number of anilines is 1. The van der Waals surface area contributed by atoms with Crippen LogP contribution < -0.4 is 10.9 Å². The average Bonchev–Trinajstić information content (AvgIpc) is 3.50. The highest BCUT2D eigenvalue weighted by Crippen LogP contribution is 2.25. The van der Waals surface area contributed by atoms with Crippen LogP contribution in [-0.2, 0) is 4.79 Å². The molecule has 1 N–H and O–H groups in total. The van der Waals surface area contributed by atoms with Crippen LogP contribution in [0.15, 0.2) is 83.9 Å². The Morgan fingerprint density at radius 1 is 1.00 bits per heavy atom. The van der Waals surface area contributed by atoms with Gasteiger partial charge in [-0.15, -0.1) is 0 Å². The first-order chi connectivity index (χ1) is 16.4. The van der Waals surface area contributed by atoms with E-state index in [9.17, 15) is 9.59 Å². The second-order valence-electron chi connectivity index (χ2n) is 7.90. The minimum Gasteiger partial charge on any atom is -0.324 e. The van der Waals surface area contributed by atoms with Gasteiger partial charge in [-0.05, 0) is 56.3 Å². The van der Waals surface area contributed by atoms with Crippen molar-refractivity contribution < 1.29 is 4.79 Å². The van der Waals surface area contributed by atoms with Crippen LogP contribution in [0.4, 0.5) is 5.69 Å². The first-order valence-corrected chi connectivity index (χ1v) is 11.1. The van der Waals surface area contributed by atoms with Gasteiger partial charge in [0.05, 0.1) is 11.4 Å². The predicted molar refractivity (Wildman–Crippen MR) is 132 cm³/mol. The Balaban J connectivity index is 1.67. The molecule has 1 unspecified atom stereocenters. The van der Waals surface area contributed by atoms with Crippen molar-refractivity contribution in [1.29, 1.82) is 0 Å². The number of hydrogen-bond donors (Lipinski definition) is 1. The number of carbonyl (C=O) groups excluding carboxylic acids is 1. The fourth-order valence-corrected chi connectivity index (χ4v) is 4.07. The van der Waals surface area contributed by atoms with Gasteiger partial charge < -0.3 is 9.88 Å². The Morgan fingerprint density at radius 3 is 2.44 bits per heavy atom. The van der Waals surface area contributed by atoms with Gasteiger partial charge in [-0.25, -0.2) is 9.36 Å². The summed E-state index contributed by atoms with van der Waals surface area (Å²) in [6, 6.07) is 19.3. The first-order valence-electron chi connectivity index (χ1n) is 10.7. The van der Waals surface area contributed by atoms with Crippen LogP contribution in [0.25, 0.3) is 22.4 Å². The lowest BCUT2D eigenvalue weighted by molar-refractivity contribution is -0.119. The van der Waals surface area contributed by atoms with Crippen LogP contribution in [0.2, 0.25) is 5.02 Å². The van der Waals surface area contributed by atoms with Crippen molar-refractivity contribution in [2.45, 2.75) is 19.9 Å². The van der Waals surface area contributed by atoms with E-state index in [1.54, 1.807) is 42.8 Å². The van der Waals surface area contributed by atoms with Crippen molar-refractivity contribution >= 4 is 34.1 Å². The third-order valence-corrected chi connectivity index (χ3v) is 5.81. The lowest BCUT2D eigenvalue weighted by Crippen LogP contribution is -2.34. The van der Waals surface area contributed by atoms with E-state index in [4.69, 9.17) is 16.7 Å². The maximum Gasteiger partial charge on any atom is 0.280 e. The number of carbonyl (C=O) groups is 1. The number of aromatic nitrogens is 5. The number of nitrogens with zero attached hydrogens (tertiary/aromatic N) is 5. The topological polar surface area (TPSA) is 86.7 Å². The molecule has 170 valence electrons. The number of fused-ring (bicyclic) bond motifs is 1. The normalized spacial score (nSPS) is 12.1. The number of para-hydroxylation sites is 1. The summed E-state index contributed by atoms with van der Waals surface area (Å²) in [7, 11) is 0. The fraction of sp³-hybridized carbons (Fsp3) is 0.120. The van der Waals surface area contributed by atoms with Crippen molar-refractivity contribution in [3.8, 4) is 11.5 Å². The summed E-state index contributed by atoms with van der Waals surface area (Å²) in [5.41, 5.74) is 1.97. The van der Waals surface area contributed by atoms with Crippen molar-refractivity contribution in [1.82, 2.24) is 24.1 Å². The van der Waals surface area contributed by atoms with Crippen LogP contribution in [0.3, 0.4) is 0 Å². The van der Waals surface area contributed by atoms with Crippen LogP contribution in [0.1, 0.15) is 18.7 Å². The molecule has 3 heterocycles. The van der Waals surface area contributed by atoms with Crippen LogP contribution >= 0.6 is 11.6 Å². The van der Waals surface area contributed by atoms with Crippen LogP contribution in [0, 0.1) is 6.92 Å². The Kier molecular flexibility index (Phi) is 5.51. The van der Waals surface area contributed by atoms with Gasteiger partial charge in [0.25, 0.3) is 5.56 Å². The molecule has 5 rings (SSSR count). The van der Waals surface area contributed by atoms with Crippen molar-refractivity contribution in [2.24, 2.45) is 0 Å². The molecule has 0 aliphatic carbocycles. The van der Waals surface area contributed by atoms with Gasteiger partial charge in [-0.2, -0.15) is 10.2 Å². The second kappa shape index (κ2) is 8.64. The molecule has 9 heteroatoms. The summed E-state index contributed by atoms with van der Waals surface area (Å²) >= 11 is 6.02. The van der Waals surface area contributed by atoms with Gasteiger partial charge in [0.2, 0.25) is 5.91 Å². The Morgan fingerprint density at radius 2 is 1.74 bits per heavy atom. The standard InChI is InChI=1S/C25H21ClN6O2/c1-16-22-21(24(30-13-6-7-14-30)32(29-22)20-11-4-3-5-12-20)25(34)31(28-16)17(2)23(33)27-19-10-8-9-18(26)15-19/h3-15,17H,1-2H3,(H,27,33). The summed E-state index contributed by atoms with van der Waals surface area (Å²) in [6.45, 7) is 3.41. The zero-order valence-electron chi connectivity index (χ0n) is 18.5. The van der Waals surface area contributed by atoms with E-state index in [1.165, 1.54) is 4.68 Å². The lowest BCUT2D eigenvalue weighted by Gasteiger charge is -2.15. The molecule has 2 aromatic carbocycles. The Bertz CT molecular complexity index is 1550. The van der Waals surface area contributed by atoms with E-state index >= 15 is 0 Å². The molecule has 0 aliphatic rings. The molecule has 0 bridgehead atoms. The molecule has 0 saturated carbocycles. The summed E-state index contributed by atoms with van der Waals surface area (Å²) in [5.74, 6) is 0.200. The summed E-state index contributed by atoms with van der Waals surface area (Å²) in [6.07, 6.45) is 3.70. The first kappa shape index (κ1) is 21.7. The molecule has 34 heavy (non-hydrogen) atoms. The Hall–Kier alpha value is -4.17. The minimum absolute atomic E-state index is 0.381. The summed E-state index contributed by atoms with van der Waals surface area (Å²) < 4.78 is 4.77.